The molecule has 0 atom stereocenters. The van der Waals surface area contributed by atoms with Gasteiger partial charge in [0, 0.05) is 18.7 Å². The molecular weight excluding hydrogens is 279 g/mol. The predicted octanol–water partition coefficient (Wildman–Crippen LogP) is 4.50. The van der Waals surface area contributed by atoms with Crippen molar-refractivity contribution in [2.75, 3.05) is 7.05 Å². The topological polar surface area (TPSA) is 20.3 Å². The van der Waals surface area contributed by atoms with Crippen molar-refractivity contribution < 1.29 is 18.0 Å². The maximum Gasteiger partial charge on any atom is 0.416 e. The average molecular weight is 299 g/mol. The maximum absolute atomic E-state index is 12.5. The Kier molecular flexibility index (Phi) is 4.91. The lowest BCUT2D eigenvalue weighted by molar-refractivity contribution is -0.137. The van der Waals surface area contributed by atoms with Gasteiger partial charge in [0.25, 0.3) is 5.91 Å². The molecule has 116 valence electrons. The minimum Gasteiger partial charge on any atom is -0.339 e. The van der Waals surface area contributed by atoms with Gasteiger partial charge in [0.2, 0.25) is 0 Å². The second-order valence-electron chi connectivity index (χ2n) is 5.64. The molecule has 1 aromatic carbocycles. The van der Waals surface area contributed by atoms with Crippen molar-refractivity contribution in [2.24, 2.45) is 0 Å². The Hall–Kier alpha value is -1.52. The highest BCUT2D eigenvalue weighted by Gasteiger charge is 2.30. The molecule has 0 radical (unpaired) electrons. The Labute approximate surface area is 122 Å². The number of hydrogen-bond donors (Lipinski definition) is 0. The Morgan fingerprint density at radius 3 is 2.05 bits per heavy atom. The van der Waals surface area contributed by atoms with Gasteiger partial charge in [-0.25, -0.2) is 0 Å². The smallest absolute Gasteiger partial charge is 0.339 e. The molecule has 1 fully saturated rings. The van der Waals surface area contributed by atoms with Crippen molar-refractivity contribution in [3.63, 3.8) is 0 Å². The lowest BCUT2D eigenvalue weighted by atomic mass is 10.1. The zero-order valence-corrected chi connectivity index (χ0v) is 12.1. The van der Waals surface area contributed by atoms with Crippen molar-refractivity contribution in [3.8, 4) is 0 Å². The highest BCUT2D eigenvalue weighted by molar-refractivity contribution is 5.94. The van der Waals surface area contributed by atoms with Gasteiger partial charge >= 0.3 is 6.18 Å². The molecule has 0 N–H and O–H groups in total. The van der Waals surface area contributed by atoms with Crippen LogP contribution in [0.5, 0.6) is 0 Å². The number of alkyl halides is 3. The number of benzene rings is 1. The van der Waals surface area contributed by atoms with Crippen LogP contribution in [0.1, 0.15) is 54.4 Å². The highest BCUT2D eigenvalue weighted by Crippen LogP contribution is 2.29. The summed E-state index contributed by atoms with van der Waals surface area (Å²) in [6.07, 6.45) is 2.18. The van der Waals surface area contributed by atoms with E-state index in [1.807, 2.05) is 0 Å². The Morgan fingerprint density at radius 2 is 1.57 bits per heavy atom. The molecule has 2 nitrogen and oxygen atoms in total. The number of halogens is 3. The molecule has 0 aromatic heterocycles. The van der Waals surface area contributed by atoms with Crippen LogP contribution in [0.3, 0.4) is 0 Å². The zero-order valence-electron chi connectivity index (χ0n) is 12.1. The van der Waals surface area contributed by atoms with Crippen LogP contribution >= 0.6 is 0 Å². The standard InChI is InChI=1S/C16H20F3NO/c1-20(14-6-4-2-3-5-7-14)15(21)12-8-10-13(11-9-12)16(17,18)19/h8-11,14H,2-7H2,1H3. The van der Waals surface area contributed by atoms with E-state index in [2.05, 4.69) is 0 Å². The van der Waals surface area contributed by atoms with Gasteiger partial charge in [-0.15, -0.1) is 0 Å². The third-order valence-corrected chi connectivity index (χ3v) is 4.15. The first-order valence-corrected chi connectivity index (χ1v) is 7.34. The molecule has 2 rings (SSSR count). The van der Waals surface area contributed by atoms with Crippen LogP contribution in [-0.2, 0) is 6.18 Å². The van der Waals surface area contributed by atoms with Gasteiger partial charge < -0.3 is 4.90 Å². The van der Waals surface area contributed by atoms with Crippen LogP contribution < -0.4 is 0 Å². The summed E-state index contributed by atoms with van der Waals surface area (Å²) in [5.41, 5.74) is -0.411. The van der Waals surface area contributed by atoms with Crippen LogP contribution in [0.15, 0.2) is 24.3 Å². The van der Waals surface area contributed by atoms with Gasteiger partial charge in [0.15, 0.2) is 0 Å². The Morgan fingerprint density at radius 1 is 1.05 bits per heavy atom. The fourth-order valence-electron chi connectivity index (χ4n) is 2.82. The second-order valence-corrected chi connectivity index (χ2v) is 5.64. The number of carbonyl (C=O) groups is 1. The van der Waals surface area contributed by atoms with Crippen molar-refractivity contribution in [3.05, 3.63) is 35.4 Å². The molecule has 1 amide bonds. The molecule has 1 aliphatic carbocycles. The summed E-state index contributed by atoms with van der Waals surface area (Å²) < 4.78 is 37.6. The van der Waals surface area contributed by atoms with E-state index >= 15 is 0 Å². The quantitative estimate of drug-likeness (QED) is 0.736. The van der Waals surface area contributed by atoms with Crippen LogP contribution in [0.4, 0.5) is 13.2 Å². The van der Waals surface area contributed by atoms with E-state index in [-0.39, 0.29) is 11.9 Å². The van der Waals surface area contributed by atoms with Crippen LogP contribution in [0, 0.1) is 0 Å². The number of hydrogen-bond acceptors (Lipinski definition) is 1. The average Bonchev–Trinajstić information content (AvgIpc) is 2.74. The summed E-state index contributed by atoms with van der Waals surface area (Å²) in [7, 11) is 1.75. The third-order valence-electron chi connectivity index (χ3n) is 4.15. The maximum atomic E-state index is 12.5. The van der Waals surface area contributed by atoms with Crippen molar-refractivity contribution in [1.29, 1.82) is 0 Å². The minimum absolute atomic E-state index is 0.197. The molecule has 0 spiro atoms. The SMILES string of the molecule is CN(C(=O)c1ccc(C(F)(F)F)cc1)C1CCCCCC1. The molecule has 0 unspecified atom stereocenters. The Bertz CT molecular complexity index is 473. The molecule has 21 heavy (non-hydrogen) atoms. The molecule has 1 aliphatic rings. The zero-order chi connectivity index (χ0) is 15.5. The molecule has 0 aliphatic heterocycles. The van der Waals surface area contributed by atoms with E-state index in [1.165, 1.54) is 25.0 Å². The summed E-state index contributed by atoms with van der Waals surface area (Å²) in [4.78, 5) is 14.1. The molecule has 0 bridgehead atoms. The Balaban J connectivity index is 2.08. The molecular formula is C16H20F3NO. The van der Waals surface area contributed by atoms with Gasteiger partial charge in [0.05, 0.1) is 5.56 Å². The van der Waals surface area contributed by atoms with E-state index in [0.717, 1.165) is 37.8 Å². The molecule has 0 saturated heterocycles. The number of carbonyl (C=O) groups excluding carboxylic acids is 1. The predicted molar refractivity (Wildman–Crippen MR) is 75.0 cm³/mol. The van der Waals surface area contributed by atoms with Gasteiger partial charge in [-0.2, -0.15) is 13.2 Å². The normalized spacial score (nSPS) is 17.3. The lowest BCUT2D eigenvalue weighted by Crippen LogP contribution is -2.36. The third kappa shape index (κ3) is 3.99. The van der Waals surface area contributed by atoms with E-state index in [9.17, 15) is 18.0 Å². The first kappa shape index (κ1) is 15.9. The summed E-state index contributed by atoms with van der Waals surface area (Å²) in [6.45, 7) is 0. The summed E-state index contributed by atoms with van der Waals surface area (Å²) >= 11 is 0. The van der Waals surface area contributed by atoms with Crippen LogP contribution in [0.25, 0.3) is 0 Å². The van der Waals surface area contributed by atoms with Gasteiger partial charge in [0.1, 0.15) is 0 Å². The lowest BCUT2D eigenvalue weighted by Gasteiger charge is -2.27. The van der Waals surface area contributed by atoms with Gasteiger partial charge in [-0.05, 0) is 37.1 Å². The largest absolute Gasteiger partial charge is 0.416 e. The highest BCUT2D eigenvalue weighted by atomic mass is 19.4. The first-order chi connectivity index (χ1) is 9.89. The van der Waals surface area contributed by atoms with Crippen molar-refractivity contribution in [2.45, 2.75) is 50.7 Å². The van der Waals surface area contributed by atoms with Gasteiger partial charge in [-0.3, -0.25) is 4.79 Å². The molecule has 5 heteroatoms. The van der Waals surface area contributed by atoms with Crippen LogP contribution in [0.2, 0.25) is 0 Å². The fourth-order valence-corrected chi connectivity index (χ4v) is 2.82. The second kappa shape index (κ2) is 6.50. The number of rotatable bonds is 2. The molecule has 1 saturated carbocycles. The first-order valence-electron chi connectivity index (χ1n) is 7.34. The fraction of sp³-hybridized carbons (Fsp3) is 0.562. The van der Waals surface area contributed by atoms with E-state index in [0.29, 0.717) is 5.56 Å². The van der Waals surface area contributed by atoms with Gasteiger partial charge in [-0.1, -0.05) is 25.7 Å². The van der Waals surface area contributed by atoms with E-state index < -0.39 is 11.7 Å². The summed E-state index contributed by atoms with van der Waals surface area (Å²) in [5.74, 6) is -0.198. The minimum atomic E-state index is -4.37. The van der Waals surface area contributed by atoms with E-state index in [4.69, 9.17) is 0 Å². The van der Waals surface area contributed by atoms with Crippen LogP contribution in [-0.4, -0.2) is 23.9 Å². The molecule has 1 aromatic rings. The van der Waals surface area contributed by atoms with Crippen molar-refractivity contribution in [1.82, 2.24) is 4.90 Å². The number of amides is 1. The number of nitrogens with zero attached hydrogens (tertiary/aromatic N) is 1. The monoisotopic (exact) mass is 299 g/mol. The van der Waals surface area contributed by atoms with Crippen molar-refractivity contribution >= 4 is 5.91 Å². The molecule has 0 heterocycles. The summed E-state index contributed by atoms with van der Waals surface area (Å²) in [6, 6.07) is 4.65. The summed E-state index contributed by atoms with van der Waals surface area (Å²) in [5, 5.41) is 0. The van der Waals surface area contributed by atoms with E-state index in [1.54, 1.807) is 11.9 Å².